The quantitative estimate of drug-likeness (QED) is 0.495. The highest BCUT2D eigenvalue weighted by Gasteiger charge is 2.25. The summed E-state index contributed by atoms with van der Waals surface area (Å²) in [6.45, 7) is 2.12. The Labute approximate surface area is 126 Å². The van der Waals surface area contributed by atoms with Crippen molar-refractivity contribution < 1.29 is 22.0 Å². The SMILES string of the molecule is CCC1CCC(c2cc(F)c(C#CC(F)(F)F)c(F)c2)CC1. The van der Waals surface area contributed by atoms with E-state index in [1.807, 2.05) is 0 Å². The summed E-state index contributed by atoms with van der Waals surface area (Å²) in [5, 5.41) is 0. The highest BCUT2D eigenvalue weighted by atomic mass is 19.4. The van der Waals surface area contributed by atoms with Crippen LogP contribution >= 0.6 is 0 Å². The fourth-order valence-electron chi connectivity index (χ4n) is 2.99. The summed E-state index contributed by atoms with van der Waals surface area (Å²) in [6.07, 6.45) is 0.0630. The van der Waals surface area contributed by atoms with Gasteiger partial charge in [-0.25, -0.2) is 8.78 Å². The second-order valence-electron chi connectivity index (χ2n) is 5.73. The normalized spacial score (nSPS) is 22.1. The average molecular weight is 316 g/mol. The maximum absolute atomic E-state index is 13.9. The minimum absolute atomic E-state index is 0.0661. The molecule has 0 amide bonds. The molecule has 0 nitrogen and oxygen atoms in total. The van der Waals surface area contributed by atoms with Crippen molar-refractivity contribution in [1.82, 2.24) is 0 Å². The zero-order valence-electron chi connectivity index (χ0n) is 12.2. The van der Waals surface area contributed by atoms with E-state index in [0.717, 1.165) is 50.2 Å². The van der Waals surface area contributed by atoms with Crippen LogP contribution in [0.25, 0.3) is 0 Å². The molecule has 0 bridgehead atoms. The van der Waals surface area contributed by atoms with Gasteiger partial charge in [0.15, 0.2) is 0 Å². The molecule has 1 aromatic carbocycles. The summed E-state index contributed by atoms with van der Waals surface area (Å²) in [6, 6.07) is 2.25. The Morgan fingerprint density at radius 1 is 1.05 bits per heavy atom. The molecule has 1 fully saturated rings. The van der Waals surface area contributed by atoms with Gasteiger partial charge in [-0.05, 0) is 55.2 Å². The third-order valence-electron chi connectivity index (χ3n) is 4.29. The highest BCUT2D eigenvalue weighted by molar-refractivity contribution is 5.40. The molecule has 0 radical (unpaired) electrons. The first-order valence-electron chi connectivity index (χ1n) is 7.39. The van der Waals surface area contributed by atoms with Gasteiger partial charge in [0.05, 0.1) is 5.56 Å². The van der Waals surface area contributed by atoms with Crippen LogP contribution in [-0.4, -0.2) is 6.18 Å². The first-order chi connectivity index (χ1) is 10.3. The van der Waals surface area contributed by atoms with Crippen molar-refractivity contribution in [2.24, 2.45) is 5.92 Å². The summed E-state index contributed by atoms with van der Waals surface area (Å²) in [5.41, 5.74) is -0.301. The van der Waals surface area contributed by atoms with Crippen molar-refractivity contribution in [3.05, 3.63) is 34.9 Å². The van der Waals surface area contributed by atoms with Gasteiger partial charge < -0.3 is 0 Å². The van der Waals surface area contributed by atoms with E-state index >= 15 is 0 Å². The van der Waals surface area contributed by atoms with E-state index in [-0.39, 0.29) is 5.92 Å². The Kier molecular flexibility index (Phi) is 5.10. The van der Waals surface area contributed by atoms with E-state index in [1.54, 1.807) is 5.92 Å². The topological polar surface area (TPSA) is 0 Å². The Balaban J connectivity index is 2.21. The maximum atomic E-state index is 13.9. The lowest BCUT2D eigenvalue weighted by molar-refractivity contribution is -0.0696. The number of hydrogen-bond donors (Lipinski definition) is 0. The highest BCUT2D eigenvalue weighted by Crippen LogP contribution is 2.37. The van der Waals surface area contributed by atoms with Gasteiger partial charge in [-0.2, -0.15) is 13.2 Å². The molecule has 120 valence electrons. The molecule has 22 heavy (non-hydrogen) atoms. The lowest BCUT2D eigenvalue weighted by atomic mass is 9.77. The molecule has 0 aromatic heterocycles. The van der Waals surface area contributed by atoms with Gasteiger partial charge >= 0.3 is 6.18 Å². The van der Waals surface area contributed by atoms with Crippen LogP contribution in [0.1, 0.15) is 56.1 Å². The monoisotopic (exact) mass is 316 g/mol. The smallest absolute Gasteiger partial charge is 0.206 e. The number of rotatable bonds is 2. The van der Waals surface area contributed by atoms with Crippen LogP contribution in [0, 0.1) is 29.4 Å². The van der Waals surface area contributed by atoms with Crippen LogP contribution in [0.2, 0.25) is 0 Å². The first kappa shape index (κ1) is 16.8. The zero-order valence-corrected chi connectivity index (χ0v) is 12.2. The second-order valence-corrected chi connectivity index (χ2v) is 5.73. The number of alkyl halides is 3. The molecule has 0 atom stereocenters. The van der Waals surface area contributed by atoms with Gasteiger partial charge in [-0.1, -0.05) is 19.3 Å². The van der Waals surface area contributed by atoms with Gasteiger partial charge in [-0.3, -0.25) is 0 Å². The molecule has 5 heteroatoms. The van der Waals surface area contributed by atoms with E-state index in [0.29, 0.717) is 11.5 Å². The van der Waals surface area contributed by atoms with E-state index in [2.05, 4.69) is 6.92 Å². The fourth-order valence-corrected chi connectivity index (χ4v) is 2.99. The van der Waals surface area contributed by atoms with Gasteiger partial charge in [0.1, 0.15) is 11.6 Å². The van der Waals surface area contributed by atoms with E-state index in [1.165, 1.54) is 0 Å². The molecule has 0 spiro atoms. The summed E-state index contributed by atoms with van der Waals surface area (Å²) < 4.78 is 63.8. The molecule has 1 saturated carbocycles. The van der Waals surface area contributed by atoms with Crippen molar-refractivity contribution in [3.8, 4) is 11.8 Å². The van der Waals surface area contributed by atoms with Gasteiger partial charge in [0.25, 0.3) is 0 Å². The molecule has 0 N–H and O–H groups in total. The Hall–Kier alpha value is -1.57. The van der Waals surface area contributed by atoms with Gasteiger partial charge in [0.2, 0.25) is 0 Å². The molecule has 0 aliphatic heterocycles. The molecular weight excluding hydrogens is 299 g/mol. The minimum atomic E-state index is -4.77. The van der Waals surface area contributed by atoms with E-state index < -0.39 is 23.4 Å². The molecule has 1 aliphatic rings. The van der Waals surface area contributed by atoms with Gasteiger partial charge in [0, 0.05) is 5.92 Å². The lowest BCUT2D eigenvalue weighted by Crippen LogP contribution is -2.13. The third kappa shape index (κ3) is 4.22. The molecule has 0 saturated heterocycles. The molecule has 1 aliphatic carbocycles. The van der Waals surface area contributed by atoms with Crippen molar-refractivity contribution in [1.29, 1.82) is 0 Å². The third-order valence-corrected chi connectivity index (χ3v) is 4.29. The minimum Gasteiger partial charge on any atom is -0.206 e. The zero-order chi connectivity index (χ0) is 16.3. The van der Waals surface area contributed by atoms with Crippen molar-refractivity contribution in [2.45, 2.75) is 51.1 Å². The van der Waals surface area contributed by atoms with Gasteiger partial charge in [-0.15, -0.1) is 0 Å². The standard InChI is InChI=1S/C17H17F5/c1-2-11-3-5-12(6-4-11)13-9-15(18)14(16(19)10-13)7-8-17(20,21)22/h9-12H,2-6H2,1H3. The van der Waals surface area contributed by atoms with Crippen LogP contribution in [0.5, 0.6) is 0 Å². The first-order valence-corrected chi connectivity index (χ1v) is 7.39. The van der Waals surface area contributed by atoms with Crippen molar-refractivity contribution in [2.75, 3.05) is 0 Å². The summed E-state index contributed by atoms with van der Waals surface area (Å²) >= 11 is 0. The predicted octanol–water partition coefficient (Wildman–Crippen LogP) is 5.56. The van der Waals surface area contributed by atoms with E-state index in [9.17, 15) is 22.0 Å². The average Bonchev–Trinajstić information content (AvgIpc) is 2.45. The molecule has 1 aromatic rings. The maximum Gasteiger partial charge on any atom is 0.458 e. The molecule has 0 unspecified atom stereocenters. The summed E-state index contributed by atoms with van der Waals surface area (Å²) in [5.74, 6) is 1.12. The molecular formula is C17H17F5. The largest absolute Gasteiger partial charge is 0.458 e. The van der Waals surface area contributed by atoms with Crippen molar-refractivity contribution in [3.63, 3.8) is 0 Å². The number of hydrogen-bond acceptors (Lipinski definition) is 0. The van der Waals surface area contributed by atoms with Crippen LogP contribution in [-0.2, 0) is 0 Å². The molecule has 2 rings (SSSR count). The number of benzene rings is 1. The second kappa shape index (κ2) is 6.68. The lowest BCUT2D eigenvalue weighted by Gasteiger charge is -2.28. The van der Waals surface area contributed by atoms with Crippen LogP contribution < -0.4 is 0 Å². The Morgan fingerprint density at radius 2 is 1.59 bits per heavy atom. The fraction of sp³-hybridized carbons (Fsp3) is 0.529. The Bertz CT molecular complexity index is 560. The molecule has 0 heterocycles. The number of halogens is 5. The van der Waals surface area contributed by atoms with E-state index in [4.69, 9.17) is 0 Å². The summed E-state index contributed by atoms with van der Waals surface area (Å²) in [7, 11) is 0. The van der Waals surface area contributed by atoms with Crippen LogP contribution in [0.4, 0.5) is 22.0 Å². The predicted molar refractivity (Wildman–Crippen MR) is 74.3 cm³/mol. The van der Waals surface area contributed by atoms with Crippen LogP contribution in [0.15, 0.2) is 12.1 Å². The van der Waals surface area contributed by atoms with Crippen molar-refractivity contribution >= 4 is 0 Å². The Morgan fingerprint density at radius 3 is 2.05 bits per heavy atom. The summed E-state index contributed by atoms with van der Waals surface area (Å²) in [4.78, 5) is 0. The van der Waals surface area contributed by atoms with Crippen LogP contribution in [0.3, 0.4) is 0 Å².